The normalized spacial score (nSPS) is 14.1. The van der Waals surface area contributed by atoms with Crippen LogP contribution in [-0.2, 0) is 19.4 Å². The Hall–Kier alpha value is -1.96. The van der Waals surface area contributed by atoms with E-state index in [9.17, 15) is 22.4 Å². The Morgan fingerprint density at radius 3 is 2.22 bits per heavy atom. The Balaban J connectivity index is 2.77. The van der Waals surface area contributed by atoms with Gasteiger partial charge in [0.1, 0.15) is 5.82 Å². The average Bonchev–Trinajstić information content (AvgIpc) is 2.47. The van der Waals surface area contributed by atoms with Crippen molar-refractivity contribution in [2.75, 3.05) is 13.6 Å². The number of amides is 1. The lowest BCUT2D eigenvalue weighted by Crippen LogP contribution is -2.36. The van der Waals surface area contributed by atoms with Gasteiger partial charge in [0.2, 0.25) is 5.91 Å². The summed E-state index contributed by atoms with van der Waals surface area (Å²) in [5.74, 6) is -2.78. The van der Waals surface area contributed by atoms with Gasteiger partial charge in [-0.3, -0.25) is 9.59 Å². The molecule has 6 nitrogen and oxygen atoms in total. The second-order valence-corrected chi connectivity index (χ2v) is 7.89. The standard InChI is InChI=1S/C15H20FNO5S/c1-10(15(19)20)9-17(3)14(18)8-11(2)23(21,22)13-6-4-12(16)5-7-13/h4-7,10-11H,8-9H2,1-3H3,(H,19,20). The lowest BCUT2D eigenvalue weighted by atomic mass is 10.1. The first kappa shape index (κ1) is 19.1. The summed E-state index contributed by atoms with van der Waals surface area (Å²) in [6.07, 6.45) is -0.275. The maximum atomic E-state index is 12.9. The van der Waals surface area contributed by atoms with Gasteiger partial charge in [0, 0.05) is 20.0 Å². The Morgan fingerprint density at radius 2 is 1.74 bits per heavy atom. The molecule has 1 N–H and O–H groups in total. The predicted octanol–water partition coefficient (Wildman–Crippen LogP) is 1.56. The van der Waals surface area contributed by atoms with Crippen molar-refractivity contribution < 1.29 is 27.5 Å². The van der Waals surface area contributed by atoms with Gasteiger partial charge in [-0.05, 0) is 31.2 Å². The molecule has 2 unspecified atom stereocenters. The van der Waals surface area contributed by atoms with Gasteiger partial charge < -0.3 is 10.0 Å². The number of carbonyl (C=O) groups excluding carboxylic acids is 1. The van der Waals surface area contributed by atoms with Gasteiger partial charge in [-0.15, -0.1) is 0 Å². The van der Waals surface area contributed by atoms with E-state index in [4.69, 9.17) is 5.11 Å². The molecule has 0 saturated carbocycles. The summed E-state index contributed by atoms with van der Waals surface area (Å²) in [5.41, 5.74) is 0. The minimum absolute atomic E-state index is 0.00250. The van der Waals surface area contributed by atoms with Crippen LogP contribution in [-0.4, -0.2) is 49.1 Å². The van der Waals surface area contributed by atoms with Gasteiger partial charge in [0.25, 0.3) is 0 Å². The van der Waals surface area contributed by atoms with Crippen LogP contribution < -0.4 is 0 Å². The van der Waals surface area contributed by atoms with Crippen LogP contribution in [0.4, 0.5) is 4.39 Å². The van der Waals surface area contributed by atoms with Crippen molar-refractivity contribution >= 4 is 21.7 Å². The number of hydrogen-bond donors (Lipinski definition) is 1. The third-order valence-corrected chi connectivity index (χ3v) is 5.68. The number of aliphatic carboxylic acids is 1. The minimum atomic E-state index is -3.76. The molecule has 0 aliphatic heterocycles. The van der Waals surface area contributed by atoms with E-state index in [1.807, 2.05) is 0 Å². The monoisotopic (exact) mass is 345 g/mol. The molecule has 1 aromatic rings. The predicted molar refractivity (Wildman–Crippen MR) is 82.1 cm³/mol. The van der Waals surface area contributed by atoms with Crippen molar-refractivity contribution in [1.29, 1.82) is 0 Å². The number of rotatable bonds is 7. The first-order chi connectivity index (χ1) is 10.6. The zero-order valence-corrected chi connectivity index (χ0v) is 14.0. The first-order valence-corrected chi connectivity index (χ1v) is 8.56. The van der Waals surface area contributed by atoms with E-state index < -0.39 is 38.7 Å². The maximum absolute atomic E-state index is 12.9. The maximum Gasteiger partial charge on any atom is 0.308 e. The summed E-state index contributed by atoms with van der Waals surface area (Å²) in [6, 6.07) is 4.40. The SMILES string of the molecule is CC(CN(C)C(=O)CC(C)S(=O)(=O)c1ccc(F)cc1)C(=O)O. The largest absolute Gasteiger partial charge is 0.481 e. The van der Waals surface area contributed by atoms with Gasteiger partial charge in [-0.2, -0.15) is 0 Å². The molecule has 0 radical (unpaired) electrons. The van der Waals surface area contributed by atoms with Crippen molar-refractivity contribution in [3.8, 4) is 0 Å². The van der Waals surface area contributed by atoms with E-state index in [-0.39, 0.29) is 17.9 Å². The third kappa shape index (κ3) is 5.02. The topological polar surface area (TPSA) is 91.8 Å². The molecule has 2 atom stereocenters. The third-order valence-electron chi connectivity index (χ3n) is 3.53. The molecule has 1 amide bonds. The molecule has 1 aromatic carbocycles. The van der Waals surface area contributed by atoms with E-state index in [2.05, 4.69) is 0 Å². The van der Waals surface area contributed by atoms with Gasteiger partial charge in [-0.1, -0.05) is 6.92 Å². The fraction of sp³-hybridized carbons (Fsp3) is 0.467. The van der Waals surface area contributed by atoms with E-state index >= 15 is 0 Å². The van der Waals surface area contributed by atoms with E-state index in [1.54, 1.807) is 0 Å². The molecule has 0 aromatic heterocycles. The molecule has 0 aliphatic carbocycles. The van der Waals surface area contributed by atoms with Gasteiger partial charge >= 0.3 is 5.97 Å². The number of carboxylic acid groups (broad SMARTS) is 1. The molecule has 23 heavy (non-hydrogen) atoms. The lowest BCUT2D eigenvalue weighted by molar-refractivity contribution is -0.142. The average molecular weight is 345 g/mol. The summed E-state index contributed by atoms with van der Waals surface area (Å²) in [4.78, 5) is 24.0. The number of nitrogens with zero attached hydrogens (tertiary/aromatic N) is 1. The summed E-state index contributed by atoms with van der Waals surface area (Å²) in [5, 5.41) is 7.83. The van der Waals surface area contributed by atoms with Crippen molar-refractivity contribution in [2.45, 2.75) is 30.4 Å². The van der Waals surface area contributed by atoms with Crippen molar-refractivity contribution in [2.24, 2.45) is 5.92 Å². The van der Waals surface area contributed by atoms with Crippen LogP contribution in [0.1, 0.15) is 20.3 Å². The van der Waals surface area contributed by atoms with Crippen molar-refractivity contribution in [1.82, 2.24) is 4.90 Å². The van der Waals surface area contributed by atoms with Gasteiger partial charge in [0.05, 0.1) is 16.1 Å². The zero-order chi connectivity index (χ0) is 17.8. The Morgan fingerprint density at radius 1 is 1.22 bits per heavy atom. The van der Waals surface area contributed by atoms with Crippen molar-refractivity contribution in [3.05, 3.63) is 30.1 Å². The highest BCUT2D eigenvalue weighted by Crippen LogP contribution is 2.19. The van der Waals surface area contributed by atoms with E-state index in [0.29, 0.717) is 0 Å². The van der Waals surface area contributed by atoms with Crippen LogP contribution in [0, 0.1) is 11.7 Å². The van der Waals surface area contributed by atoms with Crippen LogP contribution in [0.25, 0.3) is 0 Å². The molecule has 0 fully saturated rings. The Kier molecular flexibility index (Phi) is 6.26. The molecular formula is C15H20FNO5S. The highest BCUT2D eigenvalue weighted by molar-refractivity contribution is 7.92. The van der Waals surface area contributed by atoms with Crippen molar-refractivity contribution in [3.63, 3.8) is 0 Å². The fourth-order valence-electron chi connectivity index (χ4n) is 1.96. The number of benzene rings is 1. The molecule has 1 rings (SSSR count). The quantitative estimate of drug-likeness (QED) is 0.757. The number of carbonyl (C=O) groups is 2. The fourth-order valence-corrected chi connectivity index (χ4v) is 3.30. The second kappa shape index (κ2) is 7.54. The Labute approximate surface area is 134 Å². The number of carboxylic acids is 1. The smallest absolute Gasteiger partial charge is 0.308 e. The van der Waals surface area contributed by atoms with Crippen LogP contribution in [0.15, 0.2) is 29.2 Å². The zero-order valence-electron chi connectivity index (χ0n) is 13.2. The molecule has 0 spiro atoms. The summed E-state index contributed by atoms with van der Waals surface area (Å²) < 4.78 is 37.6. The summed E-state index contributed by atoms with van der Waals surface area (Å²) >= 11 is 0. The molecule has 8 heteroatoms. The second-order valence-electron chi connectivity index (χ2n) is 5.53. The molecule has 128 valence electrons. The summed E-state index contributed by atoms with van der Waals surface area (Å²) in [7, 11) is -2.33. The van der Waals surface area contributed by atoms with Gasteiger partial charge in [-0.25, -0.2) is 12.8 Å². The van der Waals surface area contributed by atoms with Crippen LogP contribution in [0.5, 0.6) is 0 Å². The van der Waals surface area contributed by atoms with Crippen LogP contribution >= 0.6 is 0 Å². The molecule has 0 bridgehead atoms. The highest BCUT2D eigenvalue weighted by atomic mass is 32.2. The Bertz CT molecular complexity index is 672. The number of halogens is 1. The minimum Gasteiger partial charge on any atom is -0.481 e. The van der Waals surface area contributed by atoms with E-state index in [1.165, 1.54) is 25.8 Å². The van der Waals surface area contributed by atoms with Gasteiger partial charge in [0.15, 0.2) is 9.84 Å². The lowest BCUT2D eigenvalue weighted by Gasteiger charge is -2.21. The van der Waals surface area contributed by atoms with Crippen LogP contribution in [0.2, 0.25) is 0 Å². The molecule has 0 saturated heterocycles. The molecule has 0 heterocycles. The number of hydrogen-bond acceptors (Lipinski definition) is 4. The molecular weight excluding hydrogens is 325 g/mol. The first-order valence-electron chi connectivity index (χ1n) is 7.02. The molecule has 0 aliphatic rings. The van der Waals surface area contributed by atoms with Crippen LogP contribution in [0.3, 0.4) is 0 Å². The van der Waals surface area contributed by atoms with E-state index in [0.717, 1.165) is 24.3 Å². The summed E-state index contributed by atoms with van der Waals surface area (Å²) in [6.45, 7) is 2.85. The number of sulfone groups is 1. The highest BCUT2D eigenvalue weighted by Gasteiger charge is 2.27.